The van der Waals surface area contributed by atoms with Crippen LogP contribution in [0.5, 0.6) is 5.75 Å². The standard InChI is InChI=1S/C21H28N2O3S/c1-4-25-17-11-6-5-10-16(17)19-18(14(3)22-21(27)23-19)20(24)26-15-9-7-8-13(2)12-15/h5-6,10-11,13,15,19H,4,7-9,12H2,1-3H3,(H2,22,23,27). The summed E-state index contributed by atoms with van der Waals surface area (Å²) >= 11 is 5.33. The minimum atomic E-state index is -0.394. The molecule has 0 bridgehead atoms. The maximum atomic E-state index is 13.1. The molecule has 0 aromatic heterocycles. The van der Waals surface area contributed by atoms with E-state index in [1.165, 1.54) is 6.42 Å². The van der Waals surface area contributed by atoms with E-state index < -0.39 is 6.04 Å². The fourth-order valence-electron chi connectivity index (χ4n) is 3.90. The normalized spacial score (nSPS) is 25.4. The first-order chi connectivity index (χ1) is 13.0. The van der Waals surface area contributed by atoms with Crippen molar-refractivity contribution in [2.24, 2.45) is 5.92 Å². The molecule has 0 amide bonds. The second-order valence-electron chi connectivity index (χ2n) is 7.34. The number of carbonyl (C=O) groups excluding carboxylic acids is 1. The maximum Gasteiger partial charge on any atom is 0.338 e. The Balaban J connectivity index is 1.89. The molecule has 2 aliphatic rings. The topological polar surface area (TPSA) is 59.6 Å². The lowest BCUT2D eigenvalue weighted by atomic mass is 9.88. The van der Waals surface area contributed by atoms with Gasteiger partial charge in [-0.2, -0.15) is 0 Å². The number of hydrogen-bond acceptors (Lipinski definition) is 4. The number of para-hydroxylation sites is 1. The van der Waals surface area contributed by atoms with Crippen molar-refractivity contribution in [2.75, 3.05) is 6.61 Å². The number of ether oxygens (including phenoxy) is 2. The molecular formula is C21H28N2O3S. The van der Waals surface area contributed by atoms with Crippen molar-refractivity contribution >= 4 is 23.3 Å². The van der Waals surface area contributed by atoms with Crippen LogP contribution in [0.2, 0.25) is 0 Å². The Hall–Kier alpha value is -2.08. The van der Waals surface area contributed by atoms with Crippen LogP contribution in [0, 0.1) is 5.92 Å². The van der Waals surface area contributed by atoms with E-state index in [0.29, 0.717) is 23.2 Å². The average molecular weight is 389 g/mol. The van der Waals surface area contributed by atoms with E-state index in [4.69, 9.17) is 21.7 Å². The second-order valence-corrected chi connectivity index (χ2v) is 7.75. The predicted molar refractivity (Wildman–Crippen MR) is 109 cm³/mol. The number of rotatable bonds is 5. The molecule has 1 aromatic carbocycles. The monoisotopic (exact) mass is 388 g/mol. The summed E-state index contributed by atoms with van der Waals surface area (Å²) in [5, 5.41) is 6.78. The first kappa shape index (κ1) is 19.7. The number of hydrogen-bond donors (Lipinski definition) is 2. The van der Waals surface area contributed by atoms with Crippen LogP contribution >= 0.6 is 12.2 Å². The van der Waals surface area contributed by atoms with Crippen molar-refractivity contribution in [3.63, 3.8) is 0 Å². The van der Waals surface area contributed by atoms with Crippen molar-refractivity contribution in [3.8, 4) is 5.75 Å². The highest BCUT2D eigenvalue weighted by Crippen LogP contribution is 2.35. The van der Waals surface area contributed by atoms with E-state index in [9.17, 15) is 4.79 Å². The average Bonchev–Trinajstić information content (AvgIpc) is 2.61. The molecule has 1 heterocycles. The fourth-order valence-corrected chi connectivity index (χ4v) is 4.17. The third-order valence-electron chi connectivity index (χ3n) is 5.18. The summed E-state index contributed by atoms with van der Waals surface area (Å²) in [5.41, 5.74) is 2.17. The zero-order chi connectivity index (χ0) is 19.4. The molecule has 2 N–H and O–H groups in total. The molecule has 146 valence electrons. The van der Waals surface area contributed by atoms with Crippen molar-refractivity contribution in [1.29, 1.82) is 0 Å². The number of thiocarbonyl (C=S) groups is 1. The Morgan fingerprint density at radius 3 is 2.81 bits per heavy atom. The number of esters is 1. The third kappa shape index (κ3) is 4.61. The maximum absolute atomic E-state index is 13.1. The molecule has 0 spiro atoms. The van der Waals surface area contributed by atoms with Gasteiger partial charge in [-0.1, -0.05) is 31.5 Å². The first-order valence-corrected chi connectivity index (χ1v) is 10.1. The Morgan fingerprint density at radius 2 is 2.07 bits per heavy atom. The summed E-state index contributed by atoms with van der Waals surface area (Å²) in [6.07, 6.45) is 4.16. The Labute approximate surface area is 166 Å². The number of benzene rings is 1. The fraction of sp³-hybridized carbons (Fsp3) is 0.524. The van der Waals surface area contributed by atoms with Crippen molar-refractivity contribution in [3.05, 3.63) is 41.1 Å². The van der Waals surface area contributed by atoms with Crippen LogP contribution in [0.25, 0.3) is 0 Å². The van der Waals surface area contributed by atoms with Gasteiger partial charge in [0.1, 0.15) is 11.9 Å². The van der Waals surface area contributed by atoms with Gasteiger partial charge in [-0.25, -0.2) is 4.79 Å². The van der Waals surface area contributed by atoms with E-state index in [1.54, 1.807) is 0 Å². The molecular weight excluding hydrogens is 360 g/mol. The number of carbonyl (C=O) groups is 1. The molecule has 27 heavy (non-hydrogen) atoms. The molecule has 3 rings (SSSR count). The highest BCUT2D eigenvalue weighted by molar-refractivity contribution is 7.80. The van der Waals surface area contributed by atoms with Gasteiger partial charge in [0.15, 0.2) is 5.11 Å². The summed E-state index contributed by atoms with van der Waals surface area (Å²) < 4.78 is 11.7. The SMILES string of the molecule is CCOc1ccccc1C1NC(=S)NC(C)=C1C(=O)OC1CCCC(C)C1. The van der Waals surface area contributed by atoms with Gasteiger partial charge in [0.25, 0.3) is 0 Å². The van der Waals surface area contributed by atoms with Crippen molar-refractivity contribution in [2.45, 2.75) is 58.6 Å². The van der Waals surface area contributed by atoms with E-state index >= 15 is 0 Å². The molecule has 0 saturated heterocycles. The Bertz CT molecular complexity index is 747. The highest BCUT2D eigenvalue weighted by Gasteiger charge is 2.34. The molecule has 3 atom stereocenters. The summed E-state index contributed by atoms with van der Waals surface area (Å²) in [5.74, 6) is 1.05. The highest BCUT2D eigenvalue weighted by atomic mass is 32.1. The van der Waals surface area contributed by atoms with Gasteiger partial charge in [-0.3, -0.25) is 0 Å². The van der Waals surface area contributed by atoms with Gasteiger partial charge in [-0.15, -0.1) is 0 Å². The van der Waals surface area contributed by atoms with Crippen LogP contribution in [0.15, 0.2) is 35.5 Å². The van der Waals surface area contributed by atoms with Gasteiger partial charge >= 0.3 is 5.97 Å². The van der Waals surface area contributed by atoms with E-state index in [2.05, 4.69) is 17.6 Å². The van der Waals surface area contributed by atoms with E-state index in [-0.39, 0.29) is 12.1 Å². The second kappa shape index (κ2) is 8.74. The molecule has 0 radical (unpaired) electrons. The largest absolute Gasteiger partial charge is 0.494 e. The summed E-state index contributed by atoms with van der Waals surface area (Å²) in [7, 11) is 0. The molecule has 5 nitrogen and oxygen atoms in total. The third-order valence-corrected chi connectivity index (χ3v) is 5.40. The minimum absolute atomic E-state index is 0.0155. The van der Waals surface area contributed by atoms with Gasteiger partial charge in [-0.05, 0) is 57.3 Å². The van der Waals surface area contributed by atoms with Crippen LogP contribution in [-0.2, 0) is 9.53 Å². The lowest BCUT2D eigenvalue weighted by molar-refractivity contribution is -0.146. The first-order valence-electron chi connectivity index (χ1n) is 9.70. The predicted octanol–water partition coefficient (Wildman–Crippen LogP) is 4.00. The zero-order valence-electron chi connectivity index (χ0n) is 16.2. The molecule has 1 saturated carbocycles. The molecule has 6 heteroatoms. The van der Waals surface area contributed by atoms with E-state index in [0.717, 1.165) is 36.3 Å². The summed E-state index contributed by atoms with van der Waals surface area (Å²) in [4.78, 5) is 13.1. The molecule has 3 unspecified atom stereocenters. The molecule has 1 aliphatic carbocycles. The van der Waals surface area contributed by atoms with E-state index in [1.807, 2.05) is 38.1 Å². The lowest BCUT2D eigenvalue weighted by Gasteiger charge is -2.32. The van der Waals surface area contributed by atoms with Gasteiger partial charge < -0.3 is 20.1 Å². The lowest BCUT2D eigenvalue weighted by Crippen LogP contribution is -2.45. The quantitative estimate of drug-likeness (QED) is 0.587. The van der Waals surface area contributed by atoms with Gasteiger partial charge in [0.2, 0.25) is 0 Å². The number of nitrogens with one attached hydrogen (secondary N) is 2. The Kier molecular flexibility index (Phi) is 6.37. The van der Waals surface area contributed by atoms with Gasteiger partial charge in [0.05, 0.1) is 18.2 Å². The summed E-state index contributed by atoms with van der Waals surface area (Å²) in [6.45, 7) is 6.57. The van der Waals surface area contributed by atoms with Crippen molar-refractivity contribution < 1.29 is 14.3 Å². The van der Waals surface area contributed by atoms with Crippen LogP contribution in [0.3, 0.4) is 0 Å². The van der Waals surface area contributed by atoms with Crippen LogP contribution in [0.1, 0.15) is 58.1 Å². The zero-order valence-corrected chi connectivity index (χ0v) is 17.0. The minimum Gasteiger partial charge on any atom is -0.494 e. The van der Waals surface area contributed by atoms with Crippen LogP contribution < -0.4 is 15.4 Å². The Morgan fingerprint density at radius 1 is 1.30 bits per heavy atom. The molecule has 1 aromatic rings. The number of allylic oxidation sites excluding steroid dienone is 1. The smallest absolute Gasteiger partial charge is 0.338 e. The van der Waals surface area contributed by atoms with Gasteiger partial charge in [0, 0.05) is 11.3 Å². The summed E-state index contributed by atoms with van der Waals surface area (Å²) in [6, 6.07) is 7.33. The van der Waals surface area contributed by atoms with Crippen LogP contribution in [0.4, 0.5) is 0 Å². The molecule has 1 aliphatic heterocycles. The van der Waals surface area contributed by atoms with Crippen LogP contribution in [-0.4, -0.2) is 23.8 Å². The molecule has 1 fully saturated rings. The van der Waals surface area contributed by atoms with Crippen molar-refractivity contribution in [1.82, 2.24) is 10.6 Å².